The highest BCUT2D eigenvalue weighted by Crippen LogP contribution is 2.45. The Hall–Kier alpha value is -2.29. The largest absolute Gasteiger partial charge is 0.399 e. The molecule has 1 atom stereocenters. The zero-order valence-electron chi connectivity index (χ0n) is 10.2. The number of hydrogen-bond donors (Lipinski definition) is 1. The fourth-order valence-corrected chi connectivity index (χ4v) is 2.77. The van der Waals surface area contributed by atoms with E-state index in [1.165, 1.54) is 6.08 Å². The van der Waals surface area contributed by atoms with Gasteiger partial charge in [-0.1, -0.05) is 36.9 Å². The molecule has 0 bridgehead atoms. The van der Waals surface area contributed by atoms with Crippen molar-refractivity contribution >= 4 is 12.0 Å². The molecule has 0 fully saturated rings. The van der Waals surface area contributed by atoms with Crippen LogP contribution in [-0.4, -0.2) is 10.8 Å². The standard InChI is InChI=1S/C15H14N2O/c1-3-11-13(16)15(2)12-7-5-4-6-10(12)8-9-17(15)14(11)18/h3-9H,1,16H2,2H3. The second kappa shape index (κ2) is 3.35. The second-order valence-corrected chi connectivity index (χ2v) is 4.68. The van der Waals surface area contributed by atoms with Gasteiger partial charge in [-0.3, -0.25) is 9.69 Å². The van der Waals surface area contributed by atoms with Gasteiger partial charge in [0.25, 0.3) is 5.91 Å². The quantitative estimate of drug-likeness (QED) is 0.814. The topological polar surface area (TPSA) is 46.3 Å². The second-order valence-electron chi connectivity index (χ2n) is 4.68. The molecule has 2 aliphatic heterocycles. The summed E-state index contributed by atoms with van der Waals surface area (Å²) in [5, 5.41) is 0. The summed E-state index contributed by atoms with van der Waals surface area (Å²) in [5.74, 6) is -0.0873. The van der Waals surface area contributed by atoms with E-state index in [1.54, 1.807) is 11.1 Å². The molecule has 3 rings (SSSR count). The number of nitrogens with two attached hydrogens (primary N) is 1. The summed E-state index contributed by atoms with van der Waals surface area (Å²) in [6.45, 7) is 5.65. The summed E-state index contributed by atoms with van der Waals surface area (Å²) < 4.78 is 0. The van der Waals surface area contributed by atoms with Gasteiger partial charge in [0.05, 0.1) is 11.3 Å². The van der Waals surface area contributed by atoms with Crippen LogP contribution in [0.3, 0.4) is 0 Å². The number of nitrogens with zero attached hydrogens (tertiary/aromatic N) is 1. The van der Waals surface area contributed by atoms with E-state index in [1.807, 2.05) is 37.3 Å². The minimum Gasteiger partial charge on any atom is -0.399 e. The molecule has 90 valence electrons. The summed E-state index contributed by atoms with van der Waals surface area (Å²) in [5.41, 5.74) is 8.82. The Kier molecular flexibility index (Phi) is 2.02. The number of carbonyl (C=O) groups excluding carboxylic acids is 1. The molecule has 18 heavy (non-hydrogen) atoms. The Labute approximate surface area is 106 Å². The van der Waals surface area contributed by atoms with Crippen molar-refractivity contribution in [2.24, 2.45) is 5.73 Å². The van der Waals surface area contributed by atoms with Gasteiger partial charge >= 0.3 is 0 Å². The Morgan fingerprint density at radius 1 is 1.39 bits per heavy atom. The van der Waals surface area contributed by atoms with Crippen LogP contribution in [0.2, 0.25) is 0 Å². The Balaban J connectivity index is 2.32. The molecule has 1 unspecified atom stereocenters. The van der Waals surface area contributed by atoms with Gasteiger partial charge in [0.2, 0.25) is 0 Å². The number of hydrogen-bond acceptors (Lipinski definition) is 2. The van der Waals surface area contributed by atoms with Crippen LogP contribution in [0.25, 0.3) is 6.08 Å². The first-order valence-corrected chi connectivity index (χ1v) is 5.84. The normalized spacial score (nSPS) is 25.2. The van der Waals surface area contributed by atoms with Gasteiger partial charge in [-0.25, -0.2) is 0 Å². The molecule has 2 aliphatic rings. The van der Waals surface area contributed by atoms with E-state index < -0.39 is 5.54 Å². The molecule has 0 spiro atoms. The van der Waals surface area contributed by atoms with Gasteiger partial charge in [-0.2, -0.15) is 0 Å². The third-order valence-corrected chi connectivity index (χ3v) is 3.84. The molecule has 1 amide bonds. The molecule has 0 aliphatic carbocycles. The summed E-state index contributed by atoms with van der Waals surface area (Å²) in [6, 6.07) is 7.98. The zero-order valence-corrected chi connectivity index (χ0v) is 10.2. The first-order valence-electron chi connectivity index (χ1n) is 5.84. The zero-order chi connectivity index (χ0) is 12.9. The molecule has 0 aromatic heterocycles. The molecule has 2 heterocycles. The summed E-state index contributed by atoms with van der Waals surface area (Å²) in [6.07, 6.45) is 5.28. The molecule has 1 aromatic rings. The van der Waals surface area contributed by atoms with Crippen LogP contribution in [0.1, 0.15) is 18.1 Å². The SMILES string of the molecule is C=CC1=C(N)C2(C)c3ccccc3C=CN2C1=O. The van der Waals surface area contributed by atoms with Crippen LogP contribution in [0, 0.1) is 0 Å². The van der Waals surface area contributed by atoms with Crippen LogP contribution in [-0.2, 0) is 10.3 Å². The van der Waals surface area contributed by atoms with E-state index in [2.05, 4.69) is 6.58 Å². The van der Waals surface area contributed by atoms with Crippen molar-refractivity contribution < 1.29 is 4.79 Å². The van der Waals surface area contributed by atoms with Gasteiger partial charge in [0.1, 0.15) is 5.54 Å². The molecule has 0 saturated carbocycles. The highest BCUT2D eigenvalue weighted by atomic mass is 16.2. The third-order valence-electron chi connectivity index (χ3n) is 3.84. The highest BCUT2D eigenvalue weighted by Gasteiger charge is 2.48. The van der Waals surface area contributed by atoms with Crippen LogP contribution in [0.15, 0.2) is 54.4 Å². The third kappa shape index (κ3) is 1.06. The number of benzene rings is 1. The van der Waals surface area contributed by atoms with Crippen molar-refractivity contribution in [3.63, 3.8) is 0 Å². The van der Waals surface area contributed by atoms with Gasteiger partial charge < -0.3 is 5.73 Å². The Morgan fingerprint density at radius 2 is 2.11 bits per heavy atom. The maximum absolute atomic E-state index is 12.3. The maximum Gasteiger partial charge on any atom is 0.260 e. The molecule has 3 nitrogen and oxygen atoms in total. The van der Waals surface area contributed by atoms with E-state index in [9.17, 15) is 4.79 Å². The summed E-state index contributed by atoms with van der Waals surface area (Å²) in [4.78, 5) is 13.9. The predicted octanol–water partition coefficient (Wildman–Crippen LogP) is 2.13. The number of fused-ring (bicyclic) bond motifs is 3. The maximum atomic E-state index is 12.3. The van der Waals surface area contributed by atoms with Gasteiger partial charge in [0, 0.05) is 6.20 Å². The minimum absolute atomic E-state index is 0.0873. The Bertz CT molecular complexity index is 627. The van der Waals surface area contributed by atoms with Crippen molar-refractivity contribution in [3.8, 4) is 0 Å². The summed E-state index contributed by atoms with van der Waals surface area (Å²) >= 11 is 0. The lowest BCUT2D eigenvalue weighted by Gasteiger charge is -2.38. The highest BCUT2D eigenvalue weighted by molar-refractivity contribution is 6.02. The molecule has 3 heteroatoms. The lowest BCUT2D eigenvalue weighted by molar-refractivity contribution is -0.126. The Morgan fingerprint density at radius 3 is 2.83 bits per heavy atom. The predicted molar refractivity (Wildman–Crippen MR) is 71.1 cm³/mol. The van der Waals surface area contributed by atoms with E-state index in [0.29, 0.717) is 11.3 Å². The first-order chi connectivity index (χ1) is 8.60. The van der Waals surface area contributed by atoms with Crippen LogP contribution < -0.4 is 5.73 Å². The molecule has 0 saturated heterocycles. The van der Waals surface area contributed by atoms with Crippen molar-refractivity contribution in [3.05, 3.63) is 65.5 Å². The minimum atomic E-state index is -0.591. The van der Waals surface area contributed by atoms with Crippen LogP contribution in [0.4, 0.5) is 0 Å². The van der Waals surface area contributed by atoms with Gasteiger partial charge in [-0.05, 0) is 24.1 Å². The monoisotopic (exact) mass is 238 g/mol. The fourth-order valence-electron chi connectivity index (χ4n) is 2.77. The van der Waals surface area contributed by atoms with Gasteiger partial charge in [0.15, 0.2) is 0 Å². The lowest BCUT2D eigenvalue weighted by atomic mass is 9.83. The van der Waals surface area contributed by atoms with Crippen LogP contribution in [0.5, 0.6) is 0 Å². The molecular formula is C15H14N2O. The van der Waals surface area contributed by atoms with Crippen molar-refractivity contribution in [1.29, 1.82) is 0 Å². The van der Waals surface area contributed by atoms with E-state index in [-0.39, 0.29) is 5.91 Å². The molecule has 2 N–H and O–H groups in total. The first kappa shape index (κ1) is 10.8. The van der Waals surface area contributed by atoms with E-state index >= 15 is 0 Å². The summed E-state index contributed by atoms with van der Waals surface area (Å²) in [7, 11) is 0. The average Bonchev–Trinajstić information content (AvgIpc) is 2.58. The average molecular weight is 238 g/mol. The van der Waals surface area contributed by atoms with E-state index in [4.69, 9.17) is 5.73 Å². The number of carbonyl (C=O) groups is 1. The fraction of sp³-hybridized carbons (Fsp3) is 0.133. The van der Waals surface area contributed by atoms with Crippen molar-refractivity contribution in [1.82, 2.24) is 4.90 Å². The molecular weight excluding hydrogens is 224 g/mol. The van der Waals surface area contributed by atoms with E-state index in [0.717, 1.165) is 11.1 Å². The smallest absolute Gasteiger partial charge is 0.260 e. The molecule has 0 radical (unpaired) electrons. The lowest BCUT2D eigenvalue weighted by Crippen LogP contribution is -2.43. The van der Waals surface area contributed by atoms with Crippen molar-refractivity contribution in [2.45, 2.75) is 12.5 Å². The van der Waals surface area contributed by atoms with Crippen LogP contribution >= 0.6 is 0 Å². The number of rotatable bonds is 1. The molecule has 1 aromatic carbocycles. The number of amides is 1. The van der Waals surface area contributed by atoms with Gasteiger partial charge in [-0.15, -0.1) is 0 Å². The van der Waals surface area contributed by atoms with Crippen molar-refractivity contribution in [2.75, 3.05) is 0 Å².